The highest BCUT2D eigenvalue weighted by Gasteiger charge is 2.46. The van der Waals surface area contributed by atoms with E-state index in [1.807, 2.05) is 54.6 Å². The first-order valence-electron chi connectivity index (χ1n) is 12.5. The molecule has 0 radical (unpaired) electrons. The van der Waals surface area contributed by atoms with E-state index in [0.717, 1.165) is 22.0 Å². The van der Waals surface area contributed by atoms with E-state index >= 15 is 0 Å². The van der Waals surface area contributed by atoms with Gasteiger partial charge in [-0.05, 0) is 60.7 Å². The quantitative estimate of drug-likeness (QED) is 0.176. The third-order valence-electron chi connectivity index (χ3n) is 6.73. The van der Waals surface area contributed by atoms with Gasteiger partial charge in [-0.15, -0.1) is 0 Å². The molecule has 0 aliphatic carbocycles. The van der Waals surface area contributed by atoms with Gasteiger partial charge in [0.2, 0.25) is 0 Å². The van der Waals surface area contributed by atoms with Gasteiger partial charge in [-0.1, -0.05) is 72.8 Å². The summed E-state index contributed by atoms with van der Waals surface area (Å²) >= 11 is 0. The topological polar surface area (TPSA) is 9.23 Å². The first kappa shape index (κ1) is 29.5. The van der Waals surface area contributed by atoms with E-state index in [2.05, 4.69) is 36.4 Å². The van der Waals surface area contributed by atoms with Crippen LogP contribution >= 0.6 is 7.26 Å². The van der Waals surface area contributed by atoms with Crippen molar-refractivity contribution in [3.8, 4) is 5.75 Å². The molecular weight excluding hydrogens is 599 g/mol. The summed E-state index contributed by atoms with van der Waals surface area (Å²) in [5, 5.41) is 3.33. The number of alkyl halides is 3. The van der Waals surface area contributed by atoms with Gasteiger partial charge < -0.3 is 21.7 Å². The van der Waals surface area contributed by atoms with Crippen LogP contribution in [0.5, 0.6) is 5.75 Å². The molecule has 204 valence electrons. The average molecular weight is 625 g/mol. The van der Waals surface area contributed by atoms with Crippen molar-refractivity contribution < 1.29 is 39.3 Å². The van der Waals surface area contributed by atoms with Crippen LogP contribution < -0.4 is 37.6 Å². The molecule has 5 aromatic rings. The van der Waals surface area contributed by atoms with Crippen molar-refractivity contribution in [3.63, 3.8) is 0 Å². The summed E-state index contributed by atoms with van der Waals surface area (Å²) in [5.41, 5.74) is -0.117. The van der Waals surface area contributed by atoms with Crippen LogP contribution in [0.25, 0.3) is 0 Å². The standard InChI is InChI=1S/C33H26F4OP.BrH/c34-27-20-21-32(38-23-25-12-10-11-19-31(25)33(35,36)37)26(22-27)24-39(28-13-4-1-5-14-28,29-15-6-2-7-16-29)30-17-8-3-9-18-30;/h1-22H,23-24H2;1H/q+1;/p-1. The highest BCUT2D eigenvalue weighted by atomic mass is 79.9. The summed E-state index contributed by atoms with van der Waals surface area (Å²) in [5.74, 6) is -0.0686. The van der Waals surface area contributed by atoms with Crippen molar-refractivity contribution in [2.45, 2.75) is 18.9 Å². The first-order valence-corrected chi connectivity index (χ1v) is 14.5. The molecule has 0 bridgehead atoms. The Morgan fingerprint density at radius 2 is 1.05 bits per heavy atom. The number of ether oxygens (including phenoxy) is 1. The fourth-order valence-corrected chi connectivity index (χ4v) is 9.16. The molecule has 0 aliphatic rings. The van der Waals surface area contributed by atoms with Crippen LogP contribution in [-0.2, 0) is 18.9 Å². The first-order chi connectivity index (χ1) is 18.9. The van der Waals surface area contributed by atoms with Crippen LogP contribution in [0.3, 0.4) is 0 Å². The van der Waals surface area contributed by atoms with Gasteiger partial charge in [0.15, 0.2) is 0 Å². The predicted octanol–water partition coefficient (Wildman–Crippen LogP) is 4.92. The van der Waals surface area contributed by atoms with Gasteiger partial charge in [0.25, 0.3) is 0 Å². The van der Waals surface area contributed by atoms with Crippen LogP contribution in [0.2, 0.25) is 0 Å². The van der Waals surface area contributed by atoms with E-state index in [9.17, 15) is 17.6 Å². The minimum Gasteiger partial charge on any atom is -1.00 e. The molecule has 0 unspecified atom stereocenters. The molecule has 5 aromatic carbocycles. The third-order valence-corrected chi connectivity index (χ3v) is 11.1. The highest BCUT2D eigenvalue weighted by Crippen LogP contribution is 2.59. The van der Waals surface area contributed by atoms with Gasteiger partial charge in [-0.3, -0.25) is 0 Å². The van der Waals surface area contributed by atoms with Crippen molar-refractivity contribution in [1.82, 2.24) is 0 Å². The Kier molecular flexibility index (Phi) is 9.44. The van der Waals surface area contributed by atoms with E-state index in [1.54, 1.807) is 6.07 Å². The van der Waals surface area contributed by atoms with Crippen molar-refractivity contribution in [3.05, 3.63) is 156 Å². The van der Waals surface area contributed by atoms with Crippen LogP contribution in [-0.4, -0.2) is 0 Å². The Labute approximate surface area is 242 Å². The maximum Gasteiger partial charge on any atom is 0.416 e. The van der Waals surface area contributed by atoms with Crippen LogP contribution in [0.15, 0.2) is 133 Å². The lowest BCUT2D eigenvalue weighted by atomic mass is 10.1. The second-order valence-electron chi connectivity index (χ2n) is 9.17. The molecule has 0 aliphatic heterocycles. The van der Waals surface area contributed by atoms with Crippen molar-refractivity contribution in [2.75, 3.05) is 0 Å². The monoisotopic (exact) mass is 624 g/mol. The Morgan fingerprint density at radius 3 is 1.55 bits per heavy atom. The zero-order valence-electron chi connectivity index (χ0n) is 21.4. The van der Waals surface area contributed by atoms with Crippen molar-refractivity contribution >= 4 is 23.2 Å². The molecule has 0 spiro atoms. The summed E-state index contributed by atoms with van der Waals surface area (Å²) in [7, 11) is -2.38. The normalized spacial score (nSPS) is 11.5. The van der Waals surface area contributed by atoms with Crippen molar-refractivity contribution in [2.24, 2.45) is 0 Å². The van der Waals surface area contributed by atoms with Gasteiger partial charge in [-0.2, -0.15) is 13.2 Å². The fourth-order valence-electron chi connectivity index (χ4n) is 4.91. The third kappa shape index (κ3) is 6.29. The zero-order valence-corrected chi connectivity index (χ0v) is 23.8. The smallest absolute Gasteiger partial charge is 0.416 e. The summed E-state index contributed by atoms with van der Waals surface area (Å²) in [6.07, 6.45) is -4.07. The van der Waals surface area contributed by atoms with Gasteiger partial charge >= 0.3 is 6.18 Å². The molecule has 0 heterocycles. The second kappa shape index (κ2) is 12.8. The zero-order chi connectivity index (χ0) is 27.3. The predicted molar refractivity (Wildman–Crippen MR) is 151 cm³/mol. The summed E-state index contributed by atoms with van der Waals surface area (Å²) in [6, 6.07) is 40.0. The number of halogens is 5. The van der Waals surface area contributed by atoms with E-state index in [0.29, 0.717) is 17.5 Å². The molecule has 0 atom stereocenters. The van der Waals surface area contributed by atoms with E-state index in [-0.39, 0.29) is 29.2 Å². The fraction of sp³-hybridized carbons (Fsp3) is 0.0909. The highest BCUT2D eigenvalue weighted by molar-refractivity contribution is 7.95. The molecule has 0 N–H and O–H groups in total. The van der Waals surface area contributed by atoms with Gasteiger partial charge in [-0.25, -0.2) is 4.39 Å². The second-order valence-corrected chi connectivity index (χ2v) is 12.7. The molecule has 0 aromatic heterocycles. The maximum absolute atomic E-state index is 14.7. The Balaban J connectivity index is 0.00000370. The Morgan fingerprint density at radius 1 is 0.575 bits per heavy atom. The SMILES string of the molecule is Fc1ccc(OCc2ccccc2C(F)(F)F)c(C[P+](c2ccccc2)(c2ccccc2)c2ccccc2)c1.[Br-]. The molecule has 40 heavy (non-hydrogen) atoms. The minimum atomic E-state index is -4.50. The summed E-state index contributed by atoms with van der Waals surface area (Å²) in [6.45, 7) is -0.290. The minimum absolute atomic E-state index is 0. The number of hydrogen-bond donors (Lipinski definition) is 0. The number of hydrogen-bond acceptors (Lipinski definition) is 1. The van der Waals surface area contributed by atoms with Gasteiger partial charge in [0, 0.05) is 11.1 Å². The van der Waals surface area contributed by atoms with E-state index < -0.39 is 24.8 Å². The molecule has 0 amide bonds. The molecule has 0 saturated carbocycles. The molecular formula is C33H26BrF4OP. The molecule has 1 nitrogen and oxygen atoms in total. The lowest BCUT2D eigenvalue weighted by molar-refractivity contribution is -0.138. The molecule has 7 heteroatoms. The Hall–Kier alpha value is -3.47. The summed E-state index contributed by atoms with van der Waals surface area (Å²) < 4.78 is 61.5. The van der Waals surface area contributed by atoms with Gasteiger partial charge in [0.05, 0.1) is 5.56 Å². The van der Waals surface area contributed by atoms with Crippen LogP contribution in [0.1, 0.15) is 16.7 Å². The van der Waals surface area contributed by atoms with E-state index in [4.69, 9.17) is 4.74 Å². The average Bonchev–Trinajstić information content (AvgIpc) is 2.96. The lowest BCUT2D eigenvalue weighted by Crippen LogP contribution is -3.00. The van der Waals surface area contributed by atoms with Crippen molar-refractivity contribution in [1.29, 1.82) is 0 Å². The van der Waals surface area contributed by atoms with Gasteiger partial charge in [0.1, 0.15) is 47.5 Å². The van der Waals surface area contributed by atoms with E-state index in [1.165, 1.54) is 30.3 Å². The molecule has 0 saturated heterocycles. The molecule has 0 fully saturated rings. The number of rotatable bonds is 8. The lowest BCUT2D eigenvalue weighted by Gasteiger charge is -2.28. The maximum atomic E-state index is 14.7. The Bertz CT molecular complexity index is 1430. The number of benzene rings is 5. The largest absolute Gasteiger partial charge is 1.00 e. The summed E-state index contributed by atoms with van der Waals surface area (Å²) in [4.78, 5) is 0. The van der Waals surface area contributed by atoms with Crippen LogP contribution in [0, 0.1) is 5.82 Å². The molecule has 5 rings (SSSR count). The van der Waals surface area contributed by atoms with Crippen LogP contribution in [0.4, 0.5) is 17.6 Å².